The molecule has 0 bridgehead atoms. The van der Waals surface area contributed by atoms with Crippen LogP contribution in [-0.4, -0.2) is 22.2 Å². The topological polar surface area (TPSA) is 125 Å². The number of nitrogens with zero attached hydrogens (tertiary/aromatic N) is 1. The molecule has 1 atom stereocenters. The molecule has 3 N–H and O–H groups in total. The second-order valence-corrected chi connectivity index (χ2v) is 5.40. The Bertz CT molecular complexity index is 715. The molecule has 0 radical (unpaired) electrons. The van der Waals surface area contributed by atoms with Crippen LogP contribution in [0.1, 0.15) is 16.7 Å². The van der Waals surface area contributed by atoms with Crippen LogP contribution in [0.5, 0.6) is 5.75 Å². The number of carbonyl (C=O) groups excluding carboxylic acids is 1. The number of hydrogen-bond donors (Lipinski definition) is 2. The van der Waals surface area contributed by atoms with Crippen LogP contribution in [0, 0.1) is 10.1 Å². The number of phenolic OH excluding ortho intramolecular Hbond substituents is 1. The third kappa shape index (κ3) is 6.11. The highest BCUT2D eigenvalue weighted by atomic mass is 16.9. The van der Waals surface area contributed by atoms with Crippen molar-refractivity contribution < 1.29 is 24.6 Å². The van der Waals surface area contributed by atoms with Crippen molar-refractivity contribution in [2.24, 2.45) is 5.73 Å². The lowest BCUT2D eigenvalue weighted by Crippen LogP contribution is -2.34. The maximum atomic E-state index is 11.9. The number of hydrogen-bond acceptors (Lipinski definition) is 7. The summed E-state index contributed by atoms with van der Waals surface area (Å²) < 4.78 is 5.17. The molecule has 0 saturated heterocycles. The van der Waals surface area contributed by atoms with Gasteiger partial charge in [-0.25, -0.2) is 0 Å². The summed E-state index contributed by atoms with van der Waals surface area (Å²) in [6, 6.07) is 12.3. The van der Waals surface area contributed by atoms with E-state index in [0.717, 1.165) is 11.1 Å². The normalized spacial score (nSPS) is 11.6. The lowest BCUT2D eigenvalue weighted by atomic mass is 10.1. The first-order valence-electron chi connectivity index (χ1n) is 7.49. The molecule has 0 fully saturated rings. The summed E-state index contributed by atoms with van der Waals surface area (Å²) in [5.41, 5.74) is 8.01. The Balaban J connectivity index is 1.80. The van der Waals surface area contributed by atoms with Crippen molar-refractivity contribution in [1.29, 1.82) is 0 Å². The molecule has 2 rings (SSSR count). The minimum atomic E-state index is -0.856. The first-order valence-corrected chi connectivity index (χ1v) is 7.49. The monoisotopic (exact) mass is 346 g/mol. The van der Waals surface area contributed by atoms with Gasteiger partial charge < -0.3 is 20.4 Å². The third-order valence-corrected chi connectivity index (χ3v) is 3.44. The summed E-state index contributed by atoms with van der Waals surface area (Å²) in [5.74, 6) is -0.388. The van der Waals surface area contributed by atoms with E-state index in [1.165, 1.54) is 12.1 Å². The summed E-state index contributed by atoms with van der Waals surface area (Å²) in [6.45, 7) is -0.0803. The van der Waals surface area contributed by atoms with E-state index in [1.807, 2.05) is 0 Å². The predicted molar refractivity (Wildman–Crippen MR) is 87.8 cm³/mol. The number of carbonyl (C=O) groups is 1. The molecule has 1 unspecified atom stereocenters. The summed E-state index contributed by atoms with van der Waals surface area (Å²) in [7, 11) is 0. The van der Waals surface area contributed by atoms with E-state index in [1.54, 1.807) is 36.4 Å². The zero-order valence-corrected chi connectivity index (χ0v) is 13.3. The number of nitrogens with two attached hydrogens (primary N) is 1. The smallest absolute Gasteiger partial charge is 0.323 e. The van der Waals surface area contributed by atoms with E-state index in [-0.39, 0.29) is 19.0 Å². The Labute approximate surface area is 143 Å². The van der Waals surface area contributed by atoms with Crippen molar-refractivity contribution >= 4 is 5.97 Å². The summed E-state index contributed by atoms with van der Waals surface area (Å²) >= 11 is 0. The molecule has 2 aromatic carbocycles. The van der Waals surface area contributed by atoms with E-state index >= 15 is 0 Å². The molecule has 0 aliphatic rings. The van der Waals surface area contributed by atoms with Gasteiger partial charge in [-0.05, 0) is 35.2 Å². The fraction of sp³-hybridized carbons (Fsp3) is 0.235. The zero-order chi connectivity index (χ0) is 18.2. The van der Waals surface area contributed by atoms with Crippen LogP contribution in [0.4, 0.5) is 0 Å². The molecule has 0 saturated carbocycles. The van der Waals surface area contributed by atoms with Gasteiger partial charge in [0, 0.05) is 0 Å². The fourth-order valence-corrected chi connectivity index (χ4v) is 2.09. The van der Waals surface area contributed by atoms with Crippen molar-refractivity contribution in [3.8, 4) is 5.75 Å². The quantitative estimate of drug-likeness (QED) is 0.423. The number of phenols is 1. The minimum absolute atomic E-state index is 0.0541. The molecule has 0 spiro atoms. The second kappa shape index (κ2) is 8.65. The van der Waals surface area contributed by atoms with Crippen molar-refractivity contribution in [2.45, 2.75) is 25.7 Å². The minimum Gasteiger partial charge on any atom is -0.508 e. The number of ether oxygens (including phenoxy) is 1. The fourth-order valence-electron chi connectivity index (χ4n) is 2.09. The maximum absolute atomic E-state index is 11.9. The Morgan fingerprint density at radius 2 is 1.56 bits per heavy atom. The average molecular weight is 346 g/mol. The molecule has 132 valence electrons. The van der Waals surface area contributed by atoms with E-state index in [0.29, 0.717) is 12.0 Å². The summed E-state index contributed by atoms with van der Waals surface area (Å²) in [4.78, 5) is 26.3. The van der Waals surface area contributed by atoms with Crippen LogP contribution in [0.2, 0.25) is 0 Å². The third-order valence-electron chi connectivity index (χ3n) is 3.44. The van der Waals surface area contributed by atoms with Crippen LogP contribution in [0.15, 0.2) is 48.5 Å². The molecule has 8 heteroatoms. The molecule has 0 amide bonds. The lowest BCUT2D eigenvalue weighted by Gasteiger charge is -2.12. The highest BCUT2D eigenvalue weighted by Gasteiger charge is 2.16. The van der Waals surface area contributed by atoms with Gasteiger partial charge in [0.2, 0.25) is 0 Å². The van der Waals surface area contributed by atoms with Crippen LogP contribution >= 0.6 is 0 Å². The number of esters is 1. The van der Waals surface area contributed by atoms with Crippen LogP contribution in [0.25, 0.3) is 0 Å². The number of benzene rings is 2. The van der Waals surface area contributed by atoms with Crippen molar-refractivity contribution in [2.75, 3.05) is 0 Å². The van der Waals surface area contributed by atoms with Crippen LogP contribution < -0.4 is 5.73 Å². The Kier molecular flexibility index (Phi) is 6.30. The van der Waals surface area contributed by atoms with E-state index in [2.05, 4.69) is 4.84 Å². The largest absolute Gasteiger partial charge is 0.508 e. The molecule has 0 aliphatic carbocycles. The van der Waals surface area contributed by atoms with E-state index < -0.39 is 17.1 Å². The number of rotatable bonds is 8. The van der Waals surface area contributed by atoms with Gasteiger partial charge in [0.1, 0.15) is 25.0 Å². The second-order valence-electron chi connectivity index (χ2n) is 5.40. The predicted octanol–water partition coefficient (Wildman–Crippen LogP) is 1.71. The first-order chi connectivity index (χ1) is 11.9. The summed E-state index contributed by atoms with van der Waals surface area (Å²) in [5, 5.41) is 18.5. The van der Waals surface area contributed by atoms with E-state index in [9.17, 15) is 20.0 Å². The Hall–Kier alpha value is -3.13. The van der Waals surface area contributed by atoms with Gasteiger partial charge in [0.15, 0.2) is 0 Å². The SMILES string of the molecule is NC(Cc1ccc(O)cc1)C(=O)OCc1ccc(CO[N+](=O)[O-])cc1. The van der Waals surface area contributed by atoms with Crippen molar-refractivity contribution in [3.05, 3.63) is 75.3 Å². The van der Waals surface area contributed by atoms with Crippen LogP contribution in [0.3, 0.4) is 0 Å². The summed E-state index contributed by atoms with van der Waals surface area (Å²) in [6.07, 6.45) is 0.302. The molecular weight excluding hydrogens is 328 g/mol. The van der Waals surface area contributed by atoms with Gasteiger partial charge in [-0.1, -0.05) is 36.4 Å². The maximum Gasteiger partial charge on any atom is 0.323 e. The molecule has 8 nitrogen and oxygen atoms in total. The molecule has 0 aliphatic heterocycles. The lowest BCUT2D eigenvalue weighted by molar-refractivity contribution is -0.763. The van der Waals surface area contributed by atoms with Gasteiger partial charge >= 0.3 is 5.97 Å². The first kappa shape index (κ1) is 18.2. The van der Waals surface area contributed by atoms with Gasteiger partial charge in [-0.15, -0.1) is 10.1 Å². The zero-order valence-electron chi connectivity index (χ0n) is 13.3. The molecule has 0 aromatic heterocycles. The van der Waals surface area contributed by atoms with Gasteiger partial charge in [-0.3, -0.25) is 4.79 Å². The van der Waals surface area contributed by atoms with Gasteiger partial charge in [0.05, 0.1) is 0 Å². The Morgan fingerprint density at radius 3 is 2.12 bits per heavy atom. The van der Waals surface area contributed by atoms with Crippen LogP contribution in [-0.2, 0) is 34.0 Å². The standard InChI is InChI=1S/C17H18N2O6/c18-16(9-12-5-7-15(20)8-6-12)17(21)24-10-13-1-3-14(4-2-13)11-25-19(22)23/h1-8,16,20H,9-11,18H2. The Morgan fingerprint density at radius 1 is 1.04 bits per heavy atom. The van der Waals surface area contributed by atoms with Crippen molar-refractivity contribution in [1.82, 2.24) is 0 Å². The highest BCUT2D eigenvalue weighted by molar-refractivity contribution is 5.75. The van der Waals surface area contributed by atoms with E-state index in [4.69, 9.17) is 10.5 Å². The van der Waals surface area contributed by atoms with Crippen molar-refractivity contribution in [3.63, 3.8) is 0 Å². The van der Waals surface area contributed by atoms with Gasteiger partial charge in [0.25, 0.3) is 5.09 Å². The highest BCUT2D eigenvalue weighted by Crippen LogP contribution is 2.12. The molecule has 2 aromatic rings. The molecule has 0 heterocycles. The van der Waals surface area contributed by atoms with Gasteiger partial charge in [-0.2, -0.15) is 0 Å². The molecule has 25 heavy (non-hydrogen) atoms. The number of aromatic hydroxyl groups is 1. The average Bonchev–Trinajstić information content (AvgIpc) is 2.60. The molecular formula is C17H18N2O6.